The van der Waals surface area contributed by atoms with Gasteiger partial charge in [0, 0.05) is 12.6 Å². The van der Waals surface area contributed by atoms with Gasteiger partial charge < -0.3 is 10.6 Å². The molecule has 0 aliphatic carbocycles. The van der Waals surface area contributed by atoms with E-state index in [2.05, 4.69) is 15.6 Å². The minimum Gasteiger partial charge on any atom is -0.347 e. The molecule has 0 bridgehead atoms. The Balaban J connectivity index is 1.87. The lowest BCUT2D eigenvalue weighted by atomic mass is 10.1. The zero-order chi connectivity index (χ0) is 9.80. The summed E-state index contributed by atoms with van der Waals surface area (Å²) in [5.74, 6) is 0.00111. The van der Waals surface area contributed by atoms with Gasteiger partial charge in [0.1, 0.15) is 4.88 Å². The molecule has 1 amide bonds. The van der Waals surface area contributed by atoms with Crippen LogP contribution in [0.3, 0.4) is 0 Å². The predicted octanol–water partition coefficient (Wildman–Crippen LogP) is 0.625. The van der Waals surface area contributed by atoms with Crippen LogP contribution in [-0.2, 0) is 0 Å². The van der Waals surface area contributed by atoms with Gasteiger partial charge in [-0.15, -0.1) is 11.3 Å². The number of hydrogen-bond acceptors (Lipinski definition) is 4. The van der Waals surface area contributed by atoms with Crippen LogP contribution in [-0.4, -0.2) is 30.0 Å². The van der Waals surface area contributed by atoms with Crippen LogP contribution in [0.2, 0.25) is 0 Å². The Morgan fingerprint density at radius 1 is 1.71 bits per heavy atom. The largest absolute Gasteiger partial charge is 0.347 e. The Bertz CT molecular complexity index is 293. The average molecular weight is 211 g/mol. The number of hydrogen-bond donors (Lipinski definition) is 2. The number of nitrogens with one attached hydrogen (secondary N) is 2. The summed E-state index contributed by atoms with van der Waals surface area (Å²) in [5.41, 5.74) is 1.67. The first-order valence-corrected chi connectivity index (χ1v) is 5.64. The second-order valence-corrected chi connectivity index (χ2v) is 4.27. The fourth-order valence-corrected chi connectivity index (χ4v) is 2.08. The molecule has 2 N–H and O–H groups in total. The van der Waals surface area contributed by atoms with Crippen molar-refractivity contribution in [2.75, 3.05) is 13.1 Å². The van der Waals surface area contributed by atoms with Crippen molar-refractivity contribution in [1.82, 2.24) is 15.6 Å². The van der Waals surface area contributed by atoms with Crippen molar-refractivity contribution in [3.63, 3.8) is 0 Å². The van der Waals surface area contributed by atoms with Crippen molar-refractivity contribution < 1.29 is 4.79 Å². The molecule has 1 aromatic rings. The fourth-order valence-electron chi connectivity index (χ4n) is 1.56. The molecule has 76 valence electrons. The molecule has 1 fully saturated rings. The third-order valence-corrected chi connectivity index (χ3v) is 3.06. The summed E-state index contributed by atoms with van der Waals surface area (Å²) in [6.45, 7) is 1.94. The molecule has 1 aromatic heterocycles. The first kappa shape index (κ1) is 9.61. The highest BCUT2D eigenvalue weighted by Gasteiger charge is 2.16. The Morgan fingerprint density at radius 3 is 3.29 bits per heavy atom. The lowest BCUT2D eigenvalue weighted by Crippen LogP contribution is -2.45. The standard InChI is InChI=1S/C9H13N3OS/c13-9(8-5-11-6-14-8)12-7-2-1-3-10-4-7/h5-7,10H,1-4H2,(H,12,13)/t7-/m0/s1. The monoisotopic (exact) mass is 211 g/mol. The van der Waals surface area contributed by atoms with E-state index in [0.717, 1.165) is 25.9 Å². The zero-order valence-electron chi connectivity index (χ0n) is 7.82. The van der Waals surface area contributed by atoms with E-state index in [-0.39, 0.29) is 11.9 Å². The van der Waals surface area contributed by atoms with E-state index in [1.54, 1.807) is 11.7 Å². The summed E-state index contributed by atoms with van der Waals surface area (Å²) >= 11 is 1.38. The molecule has 2 heterocycles. The number of nitrogens with zero attached hydrogens (tertiary/aromatic N) is 1. The first-order chi connectivity index (χ1) is 6.86. The van der Waals surface area contributed by atoms with E-state index in [1.807, 2.05) is 0 Å². The average Bonchev–Trinajstić information content (AvgIpc) is 2.72. The SMILES string of the molecule is O=C(N[C@H]1CCCNC1)c1cncs1. The number of carbonyl (C=O) groups is 1. The maximum absolute atomic E-state index is 11.6. The summed E-state index contributed by atoms with van der Waals surface area (Å²) < 4.78 is 0. The zero-order valence-corrected chi connectivity index (χ0v) is 8.64. The number of amides is 1. The van der Waals surface area contributed by atoms with Crippen molar-refractivity contribution in [1.29, 1.82) is 0 Å². The Morgan fingerprint density at radius 2 is 2.64 bits per heavy atom. The Kier molecular flexibility index (Phi) is 3.10. The van der Waals surface area contributed by atoms with E-state index < -0.39 is 0 Å². The van der Waals surface area contributed by atoms with Crippen molar-refractivity contribution in [2.24, 2.45) is 0 Å². The maximum Gasteiger partial charge on any atom is 0.263 e. The smallest absolute Gasteiger partial charge is 0.263 e. The van der Waals surface area contributed by atoms with Crippen LogP contribution in [0.15, 0.2) is 11.7 Å². The molecule has 0 aromatic carbocycles. The van der Waals surface area contributed by atoms with Gasteiger partial charge in [-0.2, -0.15) is 0 Å². The molecule has 4 nitrogen and oxygen atoms in total. The highest BCUT2D eigenvalue weighted by molar-refractivity contribution is 7.11. The van der Waals surface area contributed by atoms with E-state index >= 15 is 0 Å². The lowest BCUT2D eigenvalue weighted by Gasteiger charge is -2.23. The Hall–Kier alpha value is -0.940. The molecule has 5 heteroatoms. The molecule has 0 radical (unpaired) electrons. The van der Waals surface area contributed by atoms with Gasteiger partial charge in [-0.1, -0.05) is 0 Å². The number of piperidine rings is 1. The minimum absolute atomic E-state index is 0.00111. The van der Waals surface area contributed by atoms with Crippen molar-refractivity contribution in [3.8, 4) is 0 Å². The predicted molar refractivity (Wildman–Crippen MR) is 55.5 cm³/mol. The first-order valence-electron chi connectivity index (χ1n) is 4.76. The van der Waals surface area contributed by atoms with E-state index in [0.29, 0.717) is 4.88 Å². The van der Waals surface area contributed by atoms with Crippen LogP contribution >= 0.6 is 11.3 Å². The molecule has 0 spiro atoms. The van der Waals surface area contributed by atoms with Crippen LogP contribution in [0.25, 0.3) is 0 Å². The van der Waals surface area contributed by atoms with Crippen LogP contribution in [0, 0.1) is 0 Å². The number of aromatic nitrogens is 1. The van der Waals surface area contributed by atoms with Crippen LogP contribution in [0.5, 0.6) is 0 Å². The molecular weight excluding hydrogens is 198 g/mol. The lowest BCUT2D eigenvalue weighted by molar-refractivity contribution is 0.0934. The molecule has 1 saturated heterocycles. The number of carbonyl (C=O) groups excluding carboxylic acids is 1. The molecular formula is C9H13N3OS. The summed E-state index contributed by atoms with van der Waals surface area (Å²) in [4.78, 5) is 16.2. The van der Waals surface area contributed by atoms with Crippen LogP contribution < -0.4 is 10.6 Å². The molecule has 1 aliphatic heterocycles. The maximum atomic E-state index is 11.6. The molecule has 1 aliphatic rings. The van der Waals surface area contributed by atoms with Crippen LogP contribution in [0.4, 0.5) is 0 Å². The second kappa shape index (κ2) is 4.52. The van der Waals surface area contributed by atoms with Crippen molar-refractivity contribution in [3.05, 3.63) is 16.6 Å². The second-order valence-electron chi connectivity index (χ2n) is 3.38. The van der Waals surface area contributed by atoms with Gasteiger partial charge in [0.25, 0.3) is 5.91 Å². The van der Waals surface area contributed by atoms with Gasteiger partial charge >= 0.3 is 0 Å². The summed E-state index contributed by atoms with van der Waals surface area (Å²) in [6, 6.07) is 0.276. The van der Waals surface area contributed by atoms with Crippen LogP contribution in [0.1, 0.15) is 22.5 Å². The highest BCUT2D eigenvalue weighted by atomic mass is 32.1. The third-order valence-electron chi connectivity index (χ3n) is 2.29. The molecule has 2 rings (SSSR count). The summed E-state index contributed by atoms with van der Waals surface area (Å²) in [6.07, 6.45) is 3.81. The molecule has 0 saturated carbocycles. The van der Waals surface area contributed by atoms with Gasteiger partial charge in [0.05, 0.1) is 11.7 Å². The van der Waals surface area contributed by atoms with Gasteiger partial charge in [-0.3, -0.25) is 9.78 Å². The molecule has 1 atom stereocenters. The van der Waals surface area contributed by atoms with Gasteiger partial charge in [0.2, 0.25) is 0 Å². The topological polar surface area (TPSA) is 54.0 Å². The normalized spacial score (nSPS) is 21.9. The third kappa shape index (κ3) is 2.30. The number of rotatable bonds is 2. The van der Waals surface area contributed by atoms with Crippen molar-refractivity contribution >= 4 is 17.2 Å². The highest BCUT2D eigenvalue weighted by Crippen LogP contribution is 2.07. The minimum atomic E-state index is 0.00111. The Labute approximate surface area is 86.7 Å². The van der Waals surface area contributed by atoms with Gasteiger partial charge in [0.15, 0.2) is 0 Å². The molecule has 0 unspecified atom stereocenters. The number of thiazole rings is 1. The van der Waals surface area contributed by atoms with E-state index in [4.69, 9.17) is 0 Å². The summed E-state index contributed by atoms with van der Waals surface area (Å²) in [5, 5.41) is 6.25. The van der Waals surface area contributed by atoms with Gasteiger partial charge in [-0.05, 0) is 19.4 Å². The summed E-state index contributed by atoms with van der Waals surface area (Å²) in [7, 11) is 0. The fraction of sp³-hybridized carbons (Fsp3) is 0.556. The molecule has 14 heavy (non-hydrogen) atoms. The van der Waals surface area contributed by atoms with E-state index in [1.165, 1.54) is 11.3 Å². The van der Waals surface area contributed by atoms with Crippen molar-refractivity contribution in [2.45, 2.75) is 18.9 Å². The quantitative estimate of drug-likeness (QED) is 0.754. The van der Waals surface area contributed by atoms with Gasteiger partial charge in [-0.25, -0.2) is 0 Å². The van der Waals surface area contributed by atoms with E-state index in [9.17, 15) is 4.79 Å².